The van der Waals surface area contributed by atoms with Crippen molar-refractivity contribution in [2.45, 2.75) is 38.9 Å². The fourth-order valence-electron chi connectivity index (χ4n) is 4.10. The minimum atomic E-state index is -5.08. The monoisotopic (exact) mass is 515 g/mol. The maximum atomic E-state index is 13.0. The van der Waals surface area contributed by atoms with Crippen LogP contribution in [0.4, 0.5) is 13.2 Å². The van der Waals surface area contributed by atoms with Crippen molar-refractivity contribution in [1.82, 2.24) is 35.4 Å². The van der Waals surface area contributed by atoms with Gasteiger partial charge in [0.2, 0.25) is 0 Å². The maximum absolute atomic E-state index is 13.0. The van der Waals surface area contributed by atoms with E-state index in [1.807, 2.05) is 44.3 Å². The molecule has 3 aromatic heterocycles. The van der Waals surface area contributed by atoms with Crippen LogP contribution in [0.3, 0.4) is 0 Å². The van der Waals surface area contributed by atoms with Gasteiger partial charge in [-0.25, -0.2) is 14.3 Å². The molecular formula is C24H24F3N7O3. The zero-order chi connectivity index (χ0) is 26.7. The summed E-state index contributed by atoms with van der Waals surface area (Å²) < 4.78 is 33.5. The van der Waals surface area contributed by atoms with Crippen molar-refractivity contribution in [3.8, 4) is 11.3 Å². The number of amides is 1. The van der Waals surface area contributed by atoms with Gasteiger partial charge in [0.05, 0.1) is 29.3 Å². The standard InChI is InChI=1S/C22H23N7O.C2HF3O2/c1-13-11-19(28-29-12-14(2)25-21(13)29)16-3-4-18(20-17(16)7-10-24-27-20)22(30)26-15-5-8-23-9-6-15;3-2(4,5)1(6)7/h3-4,7,10-12,15,23H,5-6,8-9H2,1-2H3,(H,26,30);(H,6,7). The van der Waals surface area contributed by atoms with Crippen LogP contribution in [0, 0.1) is 13.8 Å². The highest BCUT2D eigenvalue weighted by molar-refractivity contribution is 6.09. The Hall–Kier alpha value is -4.13. The highest BCUT2D eigenvalue weighted by Crippen LogP contribution is 2.29. The largest absolute Gasteiger partial charge is 0.490 e. The number of nitrogens with one attached hydrogen (secondary N) is 2. The van der Waals surface area contributed by atoms with Crippen LogP contribution in [0.5, 0.6) is 0 Å². The lowest BCUT2D eigenvalue weighted by molar-refractivity contribution is -0.192. The van der Waals surface area contributed by atoms with Gasteiger partial charge in [0.25, 0.3) is 5.91 Å². The van der Waals surface area contributed by atoms with Gasteiger partial charge >= 0.3 is 12.1 Å². The normalized spacial score (nSPS) is 14.3. The number of fused-ring (bicyclic) bond motifs is 2. The van der Waals surface area contributed by atoms with E-state index in [0.717, 1.165) is 59.5 Å². The first-order valence-electron chi connectivity index (χ1n) is 11.4. The van der Waals surface area contributed by atoms with E-state index in [9.17, 15) is 18.0 Å². The van der Waals surface area contributed by atoms with Gasteiger partial charge in [-0.2, -0.15) is 23.4 Å². The number of benzene rings is 1. The molecule has 0 unspecified atom stereocenters. The van der Waals surface area contributed by atoms with Gasteiger partial charge in [-0.1, -0.05) is 6.07 Å². The summed E-state index contributed by atoms with van der Waals surface area (Å²) >= 11 is 0. The van der Waals surface area contributed by atoms with Crippen molar-refractivity contribution in [3.63, 3.8) is 0 Å². The van der Waals surface area contributed by atoms with E-state index in [0.29, 0.717) is 11.1 Å². The number of halogens is 3. The summed E-state index contributed by atoms with van der Waals surface area (Å²) in [5.41, 5.74) is 5.65. The Balaban J connectivity index is 0.000000405. The lowest BCUT2D eigenvalue weighted by Crippen LogP contribution is -2.42. The summed E-state index contributed by atoms with van der Waals surface area (Å²) in [6, 6.07) is 7.86. The summed E-state index contributed by atoms with van der Waals surface area (Å²) in [5.74, 6) is -2.86. The van der Waals surface area contributed by atoms with Gasteiger partial charge in [-0.05, 0) is 63.5 Å². The predicted molar refractivity (Wildman–Crippen MR) is 128 cm³/mol. The average molecular weight is 515 g/mol. The van der Waals surface area contributed by atoms with E-state index in [1.54, 1.807) is 10.7 Å². The van der Waals surface area contributed by atoms with Gasteiger partial charge in [-0.3, -0.25) is 4.79 Å². The van der Waals surface area contributed by atoms with Gasteiger partial charge in [0, 0.05) is 17.0 Å². The third kappa shape index (κ3) is 5.82. The molecule has 1 aromatic carbocycles. The van der Waals surface area contributed by atoms with Crippen molar-refractivity contribution in [2.24, 2.45) is 0 Å². The molecule has 4 heterocycles. The summed E-state index contributed by atoms with van der Waals surface area (Å²) in [5, 5.41) is 27.5. The summed E-state index contributed by atoms with van der Waals surface area (Å²) in [6.45, 7) is 5.82. The Labute approximate surface area is 208 Å². The fourth-order valence-corrected chi connectivity index (χ4v) is 4.10. The minimum Gasteiger partial charge on any atom is -0.475 e. The van der Waals surface area contributed by atoms with E-state index in [-0.39, 0.29) is 11.9 Å². The van der Waals surface area contributed by atoms with Crippen molar-refractivity contribution in [1.29, 1.82) is 0 Å². The Morgan fingerprint density at radius 3 is 2.54 bits per heavy atom. The predicted octanol–water partition coefficient (Wildman–Crippen LogP) is 3.07. The molecule has 1 aliphatic rings. The molecule has 13 heteroatoms. The molecule has 0 spiro atoms. The SMILES string of the molecule is Cc1cn2nc(-c3ccc(C(=O)NC4CCNCC4)c4nnccc34)cc(C)c2n1.O=C(O)C(F)(F)F. The number of hydrogen-bond acceptors (Lipinski definition) is 7. The third-order valence-electron chi connectivity index (χ3n) is 5.85. The number of rotatable bonds is 3. The second-order valence-electron chi connectivity index (χ2n) is 8.62. The molecule has 1 fully saturated rings. The summed E-state index contributed by atoms with van der Waals surface area (Å²) in [6.07, 6.45) is 0.337. The first kappa shape index (κ1) is 25.9. The van der Waals surface area contributed by atoms with Crippen molar-refractivity contribution in [2.75, 3.05) is 13.1 Å². The van der Waals surface area contributed by atoms with Crippen LogP contribution in [-0.4, -0.2) is 67.1 Å². The lowest BCUT2D eigenvalue weighted by Gasteiger charge is -2.23. The van der Waals surface area contributed by atoms with E-state index in [4.69, 9.17) is 15.0 Å². The topological polar surface area (TPSA) is 134 Å². The van der Waals surface area contributed by atoms with Crippen LogP contribution in [0.2, 0.25) is 0 Å². The number of carboxylic acid groups (broad SMARTS) is 1. The van der Waals surface area contributed by atoms with Crippen LogP contribution in [0.15, 0.2) is 36.7 Å². The van der Waals surface area contributed by atoms with Crippen LogP contribution < -0.4 is 10.6 Å². The van der Waals surface area contributed by atoms with Crippen LogP contribution >= 0.6 is 0 Å². The van der Waals surface area contributed by atoms with E-state index in [1.165, 1.54) is 0 Å². The highest BCUT2D eigenvalue weighted by Gasteiger charge is 2.38. The third-order valence-corrected chi connectivity index (χ3v) is 5.85. The van der Waals surface area contributed by atoms with Gasteiger partial charge in [0.15, 0.2) is 5.65 Å². The van der Waals surface area contributed by atoms with E-state index < -0.39 is 12.1 Å². The smallest absolute Gasteiger partial charge is 0.475 e. The molecule has 1 amide bonds. The molecule has 0 atom stereocenters. The Bertz CT molecular complexity index is 1460. The van der Waals surface area contributed by atoms with Gasteiger partial charge in [-0.15, -0.1) is 5.10 Å². The number of carbonyl (C=O) groups is 2. The number of piperidine rings is 1. The van der Waals surface area contributed by atoms with Gasteiger partial charge < -0.3 is 15.7 Å². The molecule has 5 rings (SSSR count). The Morgan fingerprint density at radius 1 is 1.16 bits per heavy atom. The summed E-state index contributed by atoms with van der Waals surface area (Å²) in [7, 11) is 0. The molecule has 37 heavy (non-hydrogen) atoms. The molecule has 0 radical (unpaired) electrons. The van der Waals surface area contributed by atoms with Crippen LogP contribution in [0.25, 0.3) is 27.8 Å². The van der Waals surface area contributed by atoms with Crippen LogP contribution in [-0.2, 0) is 4.79 Å². The first-order chi connectivity index (χ1) is 17.5. The molecule has 194 valence electrons. The molecule has 3 N–H and O–H groups in total. The average Bonchev–Trinajstić information content (AvgIpc) is 3.24. The van der Waals surface area contributed by atoms with E-state index in [2.05, 4.69) is 25.8 Å². The number of aliphatic carboxylic acids is 1. The number of aryl methyl sites for hydroxylation is 2. The minimum absolute atomic E-state index is 0.108. The number of imidazole rings is 1. The number of carboxylic acids is 1. The molecule has 1 saturated heterocycles. The Morgan fingerprint density at radius 2 is 1.86 bits per heavy atom. The number of alkyl halides is 3. The Kier molecular flexibility index (Phi) is 7.34. The fraction of sp³-hybridized carbons (Fsp3) is 0.333. The molecule has 4 aromatic rings. The second kappa shape index (κ2) is 10.5. The highest BCUT2D eigenvalue weighted by atomic mass is 19.4. The van der Waals surface area contributed by atoms with Crippen LogP contribution in [0.1, 0.15) is 34.5 Å². The zero-order valence-corrected chi connectivity index (χ0v) is 20.0. The van der Waals surface area contributed by atoms with Crippen molar-refractivity contribution in [3.05, 3.63) is 53.5 Å². The number of carbonyl (C=O) groups excluding carboxylic acids is 1. The summed E-state index contributed by atoms with van der Waals surface area (Å²) in [4.78, 5) is 26.4. The van der Waals surface area contributed by atoms with Crippen molar-refractivity contribution < 1.29 is 27.9 Å². The molecule has 0 aliphatic carbocycles. The number of aromatic nitrogens is 5. The van der Waals surface area contributed by atoms with E-state index >= 15 is 0 Å². The maximum Gasteiger partial charge on any atom is 0.490 e. The zero-order valence-electron chi connectivity index (χ0n) is 20.0. The molecule has 0 bridgehead atoms. The first-order valence-corrected chi connectivity index (χ1v) is 11.4. The lowest BCUT2D eigenvalue weighted by atomic mass is 10.00. The quantitative estimate of drug-likeness (QED) is 0.379. The van der Waals surface area contributed by atoms with Crippen molar-refractivity contribution >= 4 is 28.4 Å². The number of hydrogen-bond donors (Lipinski definition) is 3. The second-order valence-corrected chi connectivity index (χ2v) is 8.62. The molecule has 10 nitrogen and oxygen atoms in total. The molecule has 1 aliphatic heterocycles. The molecular weight excluding hydrogens is 491 g/mol. The molecule has 0 saturated carbocycles. The van der Waals surface area contributed by atoms with Gasteiger partial charge in [0.1, 0.15) is 5.52 Å². The number of nitrogens with zero attached hydrogens (tertiary/aromatic N) is 5.